The topological polar surface area (TPSA) is 52.5 Å². The Bertz CT molecular complexity index is 873. The van der Waals surface area contributed by atoms with Crippen molar-refractivity contribution < 1.29 is 14.3 Å². The lowest BCUT2D eigenvalue weighted by Gasteiger charge is -2.10. The molecule has 0 aliphatic rings. The average molecular weight is 350 g/mol. The van der Waals surface area contributed by atoms with Gasteiger partial charge in [0.15, 0.2) is 11.5 Å². The van der Waals surface area contributed by atoms with Crippen molar-refractivity contribution in [2.75, 3.05) is 20.8 Å². The molecule has 0 radical (unpaired) electrons. The van der Waals surface area contributed by atoms with Gasteiger partial charge in [-0.15, -0.1) is 0 Å². The minimum Gasteiger partial charge on any atom is -0.493 e. The van der Waals surface area contributed by atoms with Crippen LogP contribution in [0.4, 0.5) is 0 Å². The molecular formula is C21H22N2O3. The smallest absolute Gasteiger partial charge is 0.251 e. The first-order valence-corrected chi connectivity index (χ1v) is 8.44. The molecule has 3 rings (SSSR count). The normalized spacial score (nSPS) is 10.4. The molecule has 0 atom stereocenters. The summed E-state index contributed by atoms with van der Waals surface area (Å²) in [5, 5.41) is 2.97. The zero-order valence-corrected chi connectivity index (χ0v) is 14.9. The number of nitrogens with one attached hydrogen (secondary N) is 1. The lowest BCUT2D eigenvalue weighted by Crippen LogP contribution is -2.25. The number of hydrogen-bond donors (Lipinski definition) is 1. The first-order chi connectivity index (χ1) is 12.7. The molecule has 5 heteroatoms. The first-order valence-electron chi connectivity index (χ1n) is 8.44. The molecule has 2 aromatic carbocycles. The van der Waals surface area contributed by atoms with Crippen LogP contribution in [0.2, 0.25) is 0 Å². The van der Waals surface area contributed by atoms with E-state index in [9.17, 15) is 4.79 Å². The van der Waals surface area contributed by atoms with Gasteiger partial charge in [0, 0.05) is 30.2 Å². The van der Waals surface area contributed by atoms with E-state index in [4.69, 9.17) is 9.47 Å². The Balaban J connectivity index is 1.60. The summed E-state index contributed by atoms with van der Waals surface area (Å²) in [5.41, 5.74) is 2.68. The van der Waals surface area contributed by atoms with Crippen LogP contribution in [0, 0.1) is 0 Å². The van der Waals surface area contributed by atoms with Gasteiger partial charge in [0.25, 0.3) is 5.91 Å². The molecule has 0 fully saturated rings. The number of carbonyl (C=O) groups is 1. The molecule has 1 amide bonds. The molecule has 5 nitrogen and oxygen atoms in total. The number of benzene rings is 2. The maximum absolute atomic E-state index is 12.4. The summed E-state index contributed by atoms with van der Waals surface area (Å²) in [6.07, 6.45) is 4.62. The molecule has 0 aliphatic carbocycles. The van der Waals surface area contributed by atoms with Crippen LogP contribution in [0.25, 0.3) is 5.69 Å². The van der Waals surface area contributed by atoms with Gasteiger partial charge < -0.3 is 19.4 Å². The molecule has 1 heterocycles. The van der Waals surface area contributed by atoms with E-state index < -0.39 is 0 Å². The van der Waals surface area contributed by atoms with E-state index in [0.717, 1.165) is 11.3 Å². The maximum Gasteiger partial charge on any atom is 0.251 e. The summed E-state index contributed by atoms with van der Waals surface area (Å²) in [6, 6.07) is 17.2. The van der Waals surface area contributed by atoms with Crippen LogP contribution in [0.1, 0.15) is 15.9 Å². The molecule has 1 N–H and O–H groups in total. The van der Waals surface area contributed by atoms with Gasteiger partial charge in [-0.2, -0.15) is 0 Å². The summed E-state index contributed by atoms with van der Waals surface area (Å²) in [7, 11) is 3.22. The summed E-state index contributed by atoms with van der Waals surface area (Å²) in [5.74, 6) is 1.30. The summed E-state index contributed by atoms with van der Waals surface area (Å²) in [4.78, 5) is 12.4. The lowest BCUT2D eigenvalue weighted by molar-refractivity contribution is 0.0954. The third-order valence-corrected chi connectivity index (χ3v) is 4.16. The Hall–Kier alpha value is -3.21. The highest BCUT2D eigenvalue weighted by Gasteiger charge is 2.08. The SMILES string of the molecule is COc1ccc(CCNC(=O)c2cccc(-n3cccc3)c2)cc1OC. The second-order valence-corrected chi connectivity index (χ2v) is 5.84. The molecule has 0 bridgehead atoms. The van der Waals surface area contributed by atoms with E-state index in [2.05, 4.69) is 5.32 Å². The van der Waals surface area contributed by atoms with Gasteiger partial charge in [0.05, 0.1) is 14.2 Å². The average Bonchev–Trinajstić information content (AvgIpc) is 3.22. The van der Waals surface area contributed by atoms with Crippen LogP contribution in [-0.4, -0.2) is 31.2 Å². The van der Waals surface area contributed by atoms with Crippen molar-refractivity contribution in [1.82, 2.24) is 9.88 Å². The number of amides is 1. The van der Waals surface area contributed by atoms with E-state index in [0.29, 0.717) is 30.0 Å². The number of carbonyl (C=O) groups excluding carboxylic acids is 1. The molecule has 0 saturated heterocycles. The quantitative estimate of drug-likeness (QED) is 0.710. The van der Waals surface area contributed by atoms with Gasteiger partial charge in [-0.1, -0.05) is 12.1 Å². The Morgan fingerprint density at radius 3 is 2.46 bits per heavy atom. The molecule has 1 aromatic heterocycles. The van der Waals surface area contributed by atoms with Gasteiger partial charge in [0.1, 0.15) is 0 Å². The molecule has 26 heavy (non-hydrogen) atoms. The van der Waals surface area contributed by atoms with E-state index in [1.54, 1.807) is 14.2 Å². The van der Waals surface area contributed by atoms with E-state index in [1.807, 2.05) is 71.6 Å². The Morgan fingerprint density at radius 1 is 0.962 bits per heavy atom. The van der Waals surface area contributed by atoms with E-state index in [-0.39, 0.29) is 5.91 Å². The van der Waals surface area contributed by atoms with Crippen molar-refractivity contribution in [2.24, 2.45) is 0 Å². The fraction of sp³-hybridized carbons (Fsp3) is 0.190. The van der Waals surface area contributed by atoms with E-state index in [1.165, 1.54) is 0 Å². The van der Waals surface area contributed by atoms with E-state index >= 15 is 0 Å². The van der Waals surface area contributed by atoms with Crippen LogP contribution in [0.5, 0.6) is 11.5 Å². The zero-order chi connectivity index (χ0) is 18.4. The third kappa shape index (κ3) is 4.06. The molecule has 0 spiro atoms. The van der Waals surface area contributed by atoms with Crippen molar-refractivity contribution in [2.45, 2.75) is 6.42 Å². The van der Waals surface area contributed by atoms with Crippen LogP contribution in [0.15, 0.2) is 67.0 Å². The van der Waals surface area contributed by atoms with Gasteiger partial charge in [-0.25, -0.2) is 0 Å². The molecule has 0 aliphatic heterocycles. The number of ether oxygens (including phenoxy) is 2. The highest BCUT2D eigenvalue weighted by Crippen LogP contribution is 2.27. The maximum atomic E-state index is 12.4. The fourth-order valence-corrected chi connectivity index (χ4v) is 2.77. The molecule has 0 unspecified atom stereocenters. The number of aromatic nitrogens is 1. The highest BCUT2D eigenvalue weighted by molar-refractivity contribution is 5.94. The monoisotopic (exact) mass is 350 g/mol. The molecule has 134 valence electrons. The predicted octanol–water partition coefficient (Wildman–Crippen LogP) is 3.47. The number of hydrogen-bond acceptors (Lipinski definition) is 3. The fourth-order valence-electron chi connectivity index (χ4n) is 2.77. The minimum atomic E-state index is -0.0838. The second kappa shape index (κ2) is 8.25. The summed E-state index contributed by atoms with van der Waals surface area (Å²) >= 11 is 0. The summed E-state index contributed by atoms with van der Waals surface area (Å²) in [6.45, 7) is 0.544. The van der Waals surface area contributed by atoms with Crippen molar-refractivity contribution >= 4 is 5.91 Å². The number of rotatable bonds is 7. The minimum absolute atomic E-state index is 0.0838. The Labute approximate surface area is 153 Å². The van der Waals surface area contributed by atoms with Crippen LogP contribution in [0.3, 0.4) is 0 Å². The van der Waals surface area contributed by atoms with Gasteiger partial charge in [0.2, 0.25) is 0 Å². The van der Waals surface area contributed by atoms with Gasteiger partial charge in [-0.05, 0) is 54.4 Å². The number of methoxy groups -OCH3 is 2. The largest absolute Gasteiger partial charge is 0.493 e. The van der Waals surface area contributed by atoms with Crippen LogP contribution < -0.4 is 14.8 Å². The molecule has 0 saturated carbocycles. The zero-order valence-electron chi connectivity index (χ0n) is 14.9. The predicted molar refractivity (Wildman–Crippen MR) is 101 cm³/mol. The standard InChI is InChI=1S/C21H22N2O3/c1-25-19-9-8-16(14-20(19)26-2)10-11-22-21(24)17-6-5-7-18(15-17)23-12-3-4-13-23/h3-9,12-15H,10-11H2,1-2H3,(H,22,24). The Morgan fingerprint density at radius 2 is 1.73 bits per heavy atom. The van der Waals surface area contributed by atoms with Crippen LogP contribution >= 0.6 is 0 Å². The van der Waals surface area contributed by atoms with Crippen molar-refractivity contribution in [3.05, 3.63) is 78.1 Å². The van der Waals surface area contributed by atoms with Crippen molar-refractivity contribution in [3.63, 3.8) is 0 Å². The van der Waals surface area contributed by atoms with Crippen molar-refractivity contribution in [1.29, 1.82) is 0 Å². The Kier molecular flexibility index (Phi) is 5.59. The van der Waals surface area contributed by atoms with Crippen molar-refractivity contribution in [3.8, 4) is 17.2 Å². The van der Waals surface area contributed by atoms with Gasteiger partial charge >= 0.3 is 0 Å². The van der Waals surface area contributed by atoms with Crippen LogP contribution in [-0.2, 0) is 6.42 Å². The number of nitrogens with zero attached hydrogens (tertiary/aromatic N) is 1. The first kappa shape index (κ1) is 17.6. The molecule has 3 aromatic rings. The lowest BCUT2D eigenvalue weighted by atomic mass is 10.1. The molecular weight excluding hydrogens is 328 g/mol. The van der Waals surface area contributed by atoms with Gasteiger partial charge in [-0.3, -0.25) is 4.79 Å². The third-order valence-electron chi connectivity index (χ3n) is 4.16. The highest BCUT2D eigenvalue weighted by atomic mass is 16.5. The summed E-state index contributed by atoms with van der Waals surface area (Å²) < 4.78 is 12.5. The second-order valence-electron chi connectivity index (χ2n) is 5.84.